The number of nitrogens with zero attached hydrogens (tertiary/aromatic N) is 2. The third-order valence-electron chi connectivity index (χ3n) is 3.37. The van der Waals surface area contributed by atoms with E-state index < -0.39 is 0 Å². The van der Waals surface area contributed by atoms with Crippen LogP contribution in [0.15, 0.2) is 60.9 Å². The zero-order valence-electron chi connectivity index (χ0n) is 11.7. The lowest BCUT2D eigenvalue weighted by atomic mass is 10.1. The molecule has 1 unspecified atom stereocenters. The van der Waals surface area contributed by atoms with E-state index >= 15 is 0 Å². The lowest BCUT2D eigenvalue weighted by molar-refractivity contribution is 0.0935. The molecule has 0 saturated carbocycles. The van der Waals surface area contributed by atoms with Crippen molar-refractivity contribution in [1.82, 2.24) is 15.3 Å². The molecular weight excluding hydrogens is 262 g/mol. The van der Waals surface area contributed by atoms with Gasteiger partial charge in [0.2, 0.25) is 0 Å². The fourth-order valence-electron chi connectivity index (χ4n) is 2.19. The van der Waals surface area contributed by atoms with Gasteiger partial charge in [0, 0.05) is 17.8 Å². The predicted molar refractivity (Wildman–Crippen MR) is 81.9 cm³/mol. The minimum absolute atomic E-state index is 0.0614. The second-order valence-electron chi connectivity index (χ2n) is 4.87. The van der Waals surface area contributed by atoms with Gasteiger partial charge in [-0.25, -0.2) is 4.98 Å². The summed E-state index contributed by atoms with van der Waals surface area (Å²) in [7, 11) is 0. The molecule has 3 rings (SSSR count). The summed E-state index contributed by atoms with van der Waals surface area (Å²) in [6.45, 7) is 1.96. The van der Waals surface area contributed by atoms with Crippen molar-refractivity contribution in [2.24, 2.45) is 0 Å². The summed E-state index contributed by atoms with van der Waals surface area (Å²) in [5, 5.41) is 3.88. The normalized spacial score (nSPS) is 12.0. The number of carbonyl (C=O) groups excluding carboxylic acids is 1. The highest BCUT2D eigenvalue weighted by molar-refractivity contribution is 5.94. The van der Waals surface area contributed by atoms with Crippen LogP contribution in [0.25, 0.3) is 10.9 Å². The quantitative estimate of drug-likeness (QED) is 0.800. The lowest BCUT2D eigenvalue weighted by Gasteiger charge is -2.14. The van der Waals surface area contributed by atoms with Gasteiger partial charge in [0.1, 0.15) is 5.69 Å². The Morgan fingerprint density at radius 1 is 1.10 bits per heavy atom. The largest absolute Gasteiger partial charge is 0.344 e. The first-order valence-electron chi connectivity index (χ1n) is 6.80. The smallest absolute Gasteiger partial charge is 0.270 e. The molecule has 3 aromatic rings. The van der Waals surface area contributed by atoms with Crippen LogP contribution in [0.3, 0.4) is 0 Å². The Labute approximate surface area is 122 Å². The number of benzene rings is 1. The molecule has 4 heteroatoms. The molecular formula is C17H15N3O. The molecule has 0 aliphatic rings. The van der Waals surface area contributed by atoms with E-state index in [4.69, 9.17) is 0 Å². The number of aromatic nitrogens is 2. The Hall–Kier alpha value is -2.75. The monoisotopic (exact) mass is 277 g/mol. The van der Waals surface area contributed by atoms with Crippen LogP contribution >= 0.6 is 0 Å². The molecule has 1 N–H and O–H groups in total. The van der Waals surface area contributed by atoms with Gasteiger partial charge in [-0.1, -0.05) is 30.3 Å². The van der Waals surface area contributed by atoms with Gasteiger partial charge < -0.3 is 5.32 Å². The Bertz CT molecular complexity index is 771. The summed E-state index contributed by atoms with van der Waals surface area (Å²) in [5.74, 6) is -0.176. The standard InChI is InChI=1S/C17H15N3O/c1-12(13-5-3-2-4-6-13)19-17(21)16-8-7-14-11-18-10-9-15(14)20-16/h2-12H,1H3,(H,19,21). The number of hydrogen-bond donors (Lipinski definition) is 1. The number of amides is 1. The van der Waals surface area contributed by atoms with Crippen molar-refractivity contribution in [3.8, 4) is 0 Å². The average molecular weight is 277 g/mol. The first-order valence-corrected chi connectivity index (χ1v) is 6.80. The van der Waals surface area contributed by atoms with Crippen LogP contribution in [0.4, 0.5) is 0 Å². The maximum absolute atomic E-state index is 12.3. The van der Waals surface area contributed by atoms with Gasteiger partial charge in [-0.2, -0.15) is 0 Å². The zero-order chi connectivity index (χ0) is 14.7. The van der Waals surface area contributed by atoms with Crippen molar-refractivity contribution in [2.45, 2.75) is 13.0 Å². The van der Waals surface area contributed by atoms with E-state index in [1.807, 2.05) is 43.3 Å². The van der Waals surface area contributed by atoms with Crippen molar-refractivity contribution in [3.63, 3.8) is 0 Å². The molecule has 21 heavy (non-hydrogen) atoms. The second-order valence-corrected chi connectivity index (χ2v) is 4.87. The second kappa shape index (κ2) is 5.71. The van der Waals surface area contributed by atoms with E-state index in [1.54, 1.807) is 24.5 Å². The molecule has 1 amide bonds. The van der Waals surface area contributed by atoms with Gasteiger partial charge in [-0.15, -0.1) is 0 Å². The number of hydrogen-bond acceptors (Lipinski definition) is 3. The van der Waals surface area contributed by atoms with E-state index in [0.717, 1.165) is 16.5 Å². The minimum Gasteiger partial charge on any atom is -0.344 e. The van der Waals surface area contributed by atoms with Gasteiger partial charge in [-0.3, -0.25) is 9.78 Å². The molecule has 0 aliphatic carbocycles. The van der Waals surface area contributed by atoms with Crippen LogP contribution in [-0.2, 0) is 0 Å². The Morgan fingerprint density at radius 2 is 1.90 bits per heavy atom. The molecule has 0 radical (unpaired) electrons. The van der Waals surface area contributed by atoms with Crippen LogP contribution in [-0.4, -0.2) is 15.9 Å². The van der Waals surface area contributed by atoms with Crippen LogP contribution in [0.5, 0.6) is 0 Å². The molecule has 0 fully saturated rings. The molecule has 1 aromatic carbocycles. The topological polar surface area (TPSA) is 54.9 Å². The molecule has 0 saturated heterocycles. The van der Waals surface area contributed by atoms with E-state index in [-0.39, 0.29) is 11.9 Å². The fourth-order valence-corrected chi connectivity index (χ4v) is 2.19. The first kappa shape index (κ1) is 13.2. The molecule has 104 valence electrons. The van der Waals surface area contributed by atoms with Crippen LogP contribution < -0.4 is 5.32 Å². The molecule has 0 bridgehead atoms. The van der Waals surface area contributed by atoms with Crippen LogP contribution in [0, 0.1) is 0 Å². The molecule has 0 aliphatic heterocycles. The third-order valence-corrected chi connectivity index (χ3v) is 3.37. The zero-order valence-corrected chi connectivity index (χ0v) is 11.7. The Balaban J connectivity index is 1.80. The Kier molecular flexibility index (Phi) is 3.60. The van der Waals surface area contributed by atoms with E-state index in [1.165, 1.54) is 0 Å². The van der Waals surface area contributed by atoms with Gasteiger partial charge in [-0.05, 0) is 30.7 Å². The summed E-state index contributed by atoms with van der Waals surface area (Å²) in [4.78, 5) is 20.7. The maximum atomic E-state index is 12.3. The highest BCUT2D eigenvalue weighted by atomic mass is 16.1. The highest BCUT2D eigenvalue weighted by Crippen LogP contribution is 2.14. The molecule has 1 atom stereocenters. The minimum atomic E-state index is -0.176. The summed E-state index contributed by atoms with van der Waals surface area (Å²) < 4.78 is 0. The van der Waals surface area contributed by atoms with Crippen molar-refractivity contribution < 1.29 is 4.79 Å². The summed E-state index contributed by atoms with van der Waals surface area (Å²) in [6.07, 6.45) is 3.40. The number of carbonyl (C=O) groups is 1. The van der Waals surface area contributed by atoms with Gasteiger partial charge >= 0.3 is 0 Å². The molecule has 2 aromatic heterocycles. The number of rotatable bonds is 3. The van der Waals surface area contributed by atoms with E-state index in [2.05, 4.69) is 15.3 Å². The summed E-state index contributed by atoms with van der Waals surface area (Å²) in [5.41, 5.74) is 2.25. The third kappa shape index (κ3) is 2.89. The van der Waals surface area contributed by atoms with Crippen LogP contribution in [0.2, 0.25) is 0 Å². The number of nitrogens with one attached hydrogen (secondary N) is 1. The fraction of sp³-hybridized carbons (Fsp3) is 0.118. The van der Waals surface area contributed by atoms with Crippen molar-refractivity contribution in [2.75, 3.05) is 0 Å². The van der Waals surface area contributed by atoms with E-state index in [0.29, 0.717) is 5.69 Å². The number of pyridine rings is 2. The number of fused-ring (bicyclic) bond motifs is 1. The van der Waals surface area contributed by atoms with Gasteiger partial charge in [0.25, 0.3) is 5.91 Å². The average Bonchev–Trinajstić information content (AvgIpc) is 2.55. The van der Waals surface area contributed by atoms with Gasteiger partial charge in [0.15, 0.2) is 0 Å². The highest BCUT2D eigenvalue weighted by Gasteiger charge is 2.12. The Morgan fingerprint density at radius 3 is 2.71 bits per heavy atom. The molecule has 4 nitrogen and oxygen atoms in total. The molecule has 0 spiro atoms. The van der Waals surface area contributed by atoms with Crippen molar-refractivity contribution in [3.05, 3.63) is 72.2 Å². The first-order chi connectivity index (χ1) is 10.2. The maximum Gasteiger partial charge on any atom is 0.270 e. The van der Waals surface area contributed by atoms with Crippen molar-refractivity contribution >= 4 is 16.8 Å². The SMILES string of the molecule is CC(NC(=O)c1ccc2cnccc2n1)c1ccccc1. The predicted octanol–water partition coefficient (Wildman–Crippen LogP) is 3.12. The van der Waals surface area contributed by atoms with Crippen molar-refractivity contribution in [1.29, 1.82) is 0 Å². The summed E-state index contributed by atoms with van der Waals surface area (Å²) in [6, 6.07) is 15.2. The van der Waals surface area contributed by atoms with Crippen LogP contribution in [0.1, 0.15) is 29.0 Å². The van der Waals surface area contributed by atoms with E-state index in [9.17, 15) is 4.79 Å². The lowest BCUT2D eigenvalue weighted by Crippen LogP contribution is -2.27. The summed E-state index contributed by atoms with van der Waals surface area (Å²) >= 11 is 0. The van der Waals surface area contributed by atoms with Gasteiger partial charge in [0.05, 0.1) is 11.6 Å². The molecule has 2 heterocycles.